The Labute approximate surface area is 262 Å². The molecule has 0 radical (unpaired) electrons. The second kappa shape index (κ2) is 13.4. The molecule has 1 heterocycles. The number of nitrogens with one attached hydrogen (secondary N) is 1. The van der Waals surface area contributed by atoms with Gasteiger partial charge in [-0.2, -0.15) is 0 Å². The van der Waals surface area contributed by atoms with Crippen LogP contribution in [0.3, 0.4) is 0 Å². The highest BCUT2D eigenvalue weighted by molar-refractivity contribution is 7.92. The third-order valence-corrected chi connectivity index (χ3v) is 8.50. The lowest BCUT2D eigenvalue weighted by Gasteiger charge is -2.35. The number of fused-ring (bicyclic) bond motifs is 1. The van der Waals surface area contributed by atoms with Gasteiger partial charge in [-0.1, -0.05) is 59.6 Å². The average molecular weight is 649 g/mol. The number of rotatable bonds is 10. The van der Waals surface area contributed by atoms with Crippen molar-refractivity contribution in [1.82, 2.24) is 10.2 Å². The molecule has 1 N–H and O–H groups in total. The van der Waals surface area contributed by atoms with E-state index in [0.29, 0.717) is 40.3 Å². The Kier molecular flexibility index (Phi) is 10.1. The van der Waals surface area contributed by atoms with E-state index in [0.717, 1.165) is 16.1 Å². The molecule has 1 aliphatic heterocycles. The molecule has 0 aliphatic carbocycles. The summed E-state index contributed by atoms with van der Waals surface area (Å²) in [5.74, 6) is -0.179. The fraction of sp³-hybridized carbons (Fsp3) is 0.355. The molecule has 0 bridgehead atoms. The zero-order valence-electron chi connectivity index (χ0n) is 24.5. The van der Waals surface area contributed by atoms with Gasteiger partial charge in [-0.15, -0.1) is 0 Å². The normalized spacial score (nSPS) is 13.6. The van der Waals surface area contributed by atoms with E-state index in [1.165, 1.54) is 11.0 Å². The number of benzene rings is 3. The van der Waals surface area contributed by atoms with Crippen molar-refractivity contribution >= 4 is 50.7 Å². The Morgan fingerprint density at radius 3 is 2.16 bits per heavy atom. The summed E-state index contributed by atoms with van der Waals surface area (Å²) in [7, 11) is -3.96. The topological polar surface area (TPSA) is 105 Å². The Balaban J connectivity index is 1.78. The van der Waals surface area contributed by atoms with Crippen molar-refractivity contribution < 1.29 is 27.5 Å². The summed E-state index contributed by atoms with van der Waals surface area (Å²) in [5, 5.41) is 3.60. The third-order valence-electron chi connectivity index (χ3n) is 6.65. The second-order valence-corrected chi connectivity index (χ2v) is 14.0. The van der Waals surface area contributed by atoms with E-state index in [9.17, 15) is 18.0 Å². The number of ether oxygens (including phenoxy) is 2. The van der Waals surface area contributed by atoms with Crippen LogP contribution in [0.1, 0.15) is 31.9 Å². The van der Waals surface area contributed by atoms with Gasteiger partial charge in [0.25, 0.3) is 0 Å². The van der Waals surface area contributed by atoms with Crippen molar-refractivity contribution in [3.63, 3.8) is 0 Å². The van der Waals surface area contributed by atoms with E-state index < -0.39 is 40.0 Å². The molecule has 0 saturated heterocycles. The van der Waals surface area contributed by atoms with Crippen LogP contribution in [0.15, 0.2) is 66.7 Å². The number of hydrogen-bond acceptors (Lipinski definition) is 6. The van der Waals surface area contributed by atoms with Crippen LogP contribution in [0, 0.1) is 0 Å². The Morgan fingerprint density at radius 1 is 0.930 bits per heavy atom. The molecular weight excluding hydrogens is 613 g/mol. The predicted molar refractivity (Wildman–Crippen MR) is 168 cm³/mol. The first-order valence-electron chi connectivity index (χ1n) is 13.7. The fourth-order valence-corrected chi connectivity index (χ4v) is 6.02. The molecule has 4 rings (SSSR count). The SMILES string of the molecule is CC(C)(C)NC(=O)[C@H](Cc1ccccc1)N(Cc1c(Cl)cccc1Cl)C(=O)CN(c1ccc2c(c1)OCCO2)S(C)(=O)=O. The number of nitrogens with zero attached hydrogens (tertiary/aromatic N) is 2. The van der Waals surface area contributed by atoms with Gasteiger partial charge >= 0.3 is 0 Å². The lowest BCUT2D eigenvalue weighted by atomic mass is 10.0. The zero-order valence-corrected chi connectivity index (χ0v) is 26.8. The summed E-state index contributed by atoms with van der Waals surface area (Å²) in [5.41, 5.74) is 0.860. The van der Waals surface area contributed by atoms with Gasteiger partial charge < -0.3 is 19.7 Å². The average Bonchev–Trinajstić information content (AvgIpc) is 2.93. The Bertz CT molecular complexity index is 1560. The molecule has 1 aliphatic rings. The number of carbonyl (C=O) groups excluding carboxylic acids is 2. The predicted octanol–water partition coefficient (Wildman–Crippen LogP) is 5.09. The molecule has 0 saturated carbocycles. The molecule has 1 atom stereocenters. The number of sulfonamides is 1. The lowest BCUT2D eigenvalue weighted by molar-refractivity contribution is -0.140. The first-order chi connectivity index (χ1) is 20.2. The molecular formula is C31H35Cl2N3O6S. The van der Waals surface area contributed by atoms with Crippen molar-refractivity contribution in [2.24, 2.45) is 0 Å². The number of carbonyl (C=O) groups is 2. The summed E-state index contributed by atoms with van der Waals surface area (Å²) < 4.78 is 38.3. The number of amides is 2. The molecule has 2 amide bonds. The minimum atomic E-state index is -3.96. The highest BCUT2D eigenvalue weighted by Crippen LogP contribution is 2.35. The summed E-state index contributed by atoms with van der Waals surface area (Å²) in [4.78, 5) is 29.5. The molecule has 0 fully saturated rings. The minimum absolute atomic E-state index is 0.134. The molecule has 230 valence electrons. The van der Waals surface area contributed by atoms with Gasteiger partial charge in [0.05, 0.1) is 11.9 Å². The molecule has 43 heavy (non-hydrogen) atoms. The monoisotopic (exact) mass is 647 g/mol. The van der Waals surface area contributed by atoms with Gasteiger partial charge in [-0.25, -0.2) is 8.42 Å². The van der Waals surface area contributed by atoms with Crippen molar-refractivity contribution in [1.29, 1.82) is 0 Å². The highest BCUT2D eigenvalue weighted by atomic mass is 35.5. The van der Waals surface area contributed by atoms with E-state index in [-0.39, 0.29) is 18.7 Å². The van der Waals surface area contributed by atoms with Gasteiger partial charge in [0.15, 0.2) is 11.5 Å². The molecule has 12 heteroatoms. The number of halogens is 2. The maximum absolute atomic E-state index is 14.3. The van der Waals surface area contributed by atoms with Crippen LogP contribution in [-0.2, 0) is 32.6 Å². The van der Waals surface area contributed by atoms with Gasteiger partial charge in [0.2, 0.25) is 21.8 Å². The largest absolute Gasteiger partial charge is 0.486 e. The van der Waals surface area contributed by atoms with Crippen LogP contribution < -0.4 is 19.1 Å². The number of anilines is 1. The molecule has 0 spiro atoms. The van der Waals surface area contributed by atoms with Crippen LogP contribution in [0.5, 0.6) is 11.5 Å². The molecule has 9 nitrogen and oxygen atoms in total. The van der Waals surface area contributed by atoms with E-state index in [1.54, 1.807) is 30.3 Å². The van der Waals surface area contributed by atoms with E-state index >= 15 is 0 Å². The quantitative estimate of drug-likeness (QED) is 0.329. The zero-order chi connectivity index (χ0) is 31.4. The first kappa shape index (κ1) is 32.4. The van der Waals surface area contributed by atoms with Crippen LogP contribution in [0.4, 0.5) is 5.69 Å². The van der Waals surface area contributed by atoms with Gasteiger partial charge in [-0.3, -0.25) is 13.9 Å². The van der Waals surface area contributed by atoms with Crippen LogP contribution >= 0.6 is 23.2 Å². The van der Waals surface area contributed by atoms with Gasteiger partial charge in [0.1, 0.15) is 25.8 Å². The van der Waals surface area contributed by atoms with E-state index in [2.05, 4.69) is 5.32 Å². The Morgan fingerprint density at radius 2 is 1.56 bits per heavy atom. The van der Waals surface area contributed by atoms with E-state index in [4.69, 9.17) is 32.7 Å². The van der Waals surface area contributed by atoms with Gasteiger partial charge in [-0.05, 0) is 50.6 Å². The maximum Gasteiger partial charge on any atom is 0.244 e. The van der Waals surface area contributed by atoms with Crippen molar-refractivity contribution in [3.8, 4) is 11.5 Å². The molecule has 3 aromatic carbocycles. The first-order valence-corrected chi connectivity index (χ1v) is 16.3. The minimum Gasteiger partial charge on any atom is -0.486 e. The summed E-state index contributed by atoms with van der Waals surface area (Å²) in [6.45, 7) is 5.49. The van der Waals surface area contributed by atoms with Crippen LogP contribution in [-0.4, -0.2) is 62.7 Å². The third kappa shape index (κ3) is 8.55. The standard InChI is InChI=1S/C31H35Cl2N3O6S/c1-31(2,3)34-30(38)26(17-21-9-6-5-7-10-21)35(19-23-24(32)11-8-12-25(23)33)29(37)20-36(43(4,39)40)22-13-14-27-28(18-22)42-16-15-41-27/h5-14,18,26H,15-17,19-20H2,1-4H3,(H,34,38)/t26-/m0/s1. The van der Waals surface area contributed by atoms with Crippen molar-refractivity contribution in [2.45, 2.75) is 45.3 Å². The fourth-order valence-electron chi connectivity index (χ4n) is 4.66. The molecule has 0 unspecified atom stereocenters. The smallest absolute Gasteiger partial charge is 0.244 e. The Hall–Kier alpha value is -3.47. The van der Waals surface area contributed by atoms with Crippen molar-refractivity contribution in [2.75, 3.05) is 30.3 Å². The highest BCUT2D eigenvalue weighted by Gasteiger charge is 2.35. The van der Waals surface area contributed by atoms with Crippen molar-refractivity contribution in [3.05, 3.63) is 87.9 Å². The van der Waals surface area contributed by atoms with Crippen LogP contribution in [0.2, 0.25) is 10.0 Å². The summed E-state index contributed by atoms with van der Waals surface area (Å²) in [6, 6.07) is 17.9. The summed E-state index contributed by atoms with van der Waals surface area (Å²) in [6.07, 6.45) is 1.18. The molecule has 3 aromatic rings. The lowest BCUT2D eigenvalue weighted by Crippen LogP contribution is -2.56. The molecule has 0 aromatic heterocycles. The van der Waals surface area contributed by atoms with Gasteiger partial charge in [0, 0.05) is 40.2 Å². The van der Waals surface area contributed by atoms with E-state index in [1.807, 2.05) is 51.1 Å². The number of hydrogen-bond donors (Lipinski definition) is 1. The second-order valence-electron chi connectivity index (χ2n) is 11.3. The summed E-state index contributed by atoms with van der Waals surface area (Å²) >= 11 is 13.0. The van der Waals surface area contributed by atoms with Crippen LogP contribution in [0.25, 0.3) is 0 Å². The maximum atomic E-state index is 14.3.